The van der Waals surface area contributed by atoms with Gasteiger partial charge >= 0.3 is 0 Å². The van der Waals surface area contributed by atoms with Crippen LogP contribution in [0.2, 0.25) is 0 Å². The highest BCUT2D eigenvalue weighted by Gasteiger charge is 2.10. The smallest absolute Gasteiger partial charge is 0.291 e. The summed E-state index contributed by atoms with van der Waals surface area (Å²) in [5.74, 6) is -0.326. The maximum atomic E-state index is 13.4. The number of nitrogens with one attached hydrogen (secondary N) is 1. The summed E-state index contributed by atoms with van der Waals surface area (Å²) in [6, 6.07) is 17.0. The fourth-order valence-electron chi connectivity index (χ4n) is 2.48. The summed E-state index contributed by atoms with van der Waals surface area (Å²) in [4.78, 5) is 16.5. The van der Waals surface area contributed by atoms with Gasteiger partial charge in [0, 0.05) is 22.2 Å². The van der Waals surface area contributed by atoms with E-state index in [1.54, 1.807) is 30.3 Å². The number of nitrogens with zero attached hydrogens (tertiary/aromatic N) is 1. The predicted octanol–water partition coefficient (Wildman–Crippen LogP) is 5.46. The fourth-order valence-corrected chi connectivity index (χ4v) is 3.32. The lowest BCUT2D eigenvalue weighted by Crippen LogP contribution is -2.10. The first-order chi connectivity index (χ1) is 12.7. The summed E-state index contributed by atoms with van der Waals surface area (Å²) in [6.45, 7) is 0. The first-order valence-electron chi connectivity index (χ1n) is 7.86. The van der Waals surface area contributed by atoms with Gasteiger partial charge in [-0.1, -0.05) is 12.1 Å². The minimum atomic E-state index is -0.301. The number of carbonyl (C=O) groups excluding carboxylic acids is 1. The third-order valence-corrected chi connectivity index (χ3v) is 4.65. The Bertz CT molecular complexity index is 1040. The van der Waals surface area contributed by atoms with Crippen LogP contribution in [0.25, 0.3) is 21.8 Å². The Morgan fingerprint density at radius 3 is 2.62 bits per heavy atom. The van der Waals surface area contributed by atoms with Crippen LogP contribution in [0.15, 0.2) is 76.7 Å². The molecular formula is C20H13FN2O2S. The van der Waals surface area contributed by atoms with Crippen molar-refractivity contribution in [2.45, 2.75) is 0 Å². The first-order valence-corrected chi connectivity index (χ1v) is 8.74. The van der Waals surface area contributed by atoms with E-state index in [1.165, 1.54) is 29.7 Å². The van der Waals surface area contributed by atoms with Gasteiger partial charge in [0.05, 0.1) is 12.0 Å². The van der Waals surface area contributed by atoms with Crippen molar-refractivity contribution in [1.29, 1.82) is 0 Å². The van der Waals surface area contributed by atoms with Crippen LogP contribution in [0, 0.1) is 5.82 Å². The van der Waals surface area contributed by atoms with E-state index in [4.69, 9.17) is 4.42 Å². The maximum Gasteiger partial charge on any atom is 0.291 e. The van der Waals surface area contributed by atoms with Crippen LogP contribution >= 0.6 is 11.3 Å². The summed E-state index contributed by atoms with van der Waals surface area (Å²) in [7, 11) is 0. The molecule has 0 aliphatic carbocycles. The molecule has 1 N–H and O–H groups in total. The molecule has 128 valence electrons. The highest BCUT2D eigenvalue weighted by Crippen LogP contribution is 2.29. The van der Waals surface area contributed by atoms with Gasteiger partial charge in [0.2, 0.25) is 0 Å². The van der Waals surface area contributed by atoms with Crippen LogP contribution in [0.5, 0.6) is 0 Å². The number of amides is 1. The highest BCUT2D eigenvalue weighted by atomic mass is 32.1. The van der Waals surface area contributed by atoms with Crippen LogP contribution in [0.4, 0.5) is 10.1 Å². The third-order valence-electron chi connectivity index (χ3n) is 3.76. The van der Waals surface area contributed by atoms with E-state index in [0.29, 0.717) is 5.69 Å². The number of halogens is 1. The molecule has 2 aromatic heterocycles. The standard InChI is InChI=1S/C20H13FN2O2S/c21-15-4-1-3-14(11-15)17-12-26-20(23-17)13-6-8-16(9-7-13)22-19(24)18-5-2-10-25-18/h1-12H,(H,22,24). The fraction of sp³-hybridized carbons (Fsp3) is 0. The van der Waals surface area contributed by atoms with Gasteiger partial charge in [0.25, 0.3) is 5.91 Å². The molecular weight excluding hydrogens is 351 g/mol. The zero-order chi connectivity index (χ0) is 17.9. The van der Waals surface area contributed by atoms with E-state index in [2.05, 4.69) is 10.3 Å². The molecule has 0 saturated heterocycles. The number of rotatable bonds is 4. The van der Waals surface area contributed by atoms with Crippen molar-refractivity contribution in [2.75, 3.05) is 5.32 Å². The second-order valence-corrected chi connectivity index (χ2v) is 6.42. The van der Waals surface area contributed by atoms with Gasteiger partial charge in [-0.3, -0.25) is 4.79 Å². The van der Waals surface area contributed by atoms with Crippen LogP contribution in [0.3, 0.4) is 0 Å². The second-order valence-electron chi connectivity index (χ2n) is 5.56. The SMILES string of the molecule is O=C(Nc1ccc(-c2nc(-c3cccc(F)c3)cs2)cc1)c1ccco1. The van der Waals surface area contributed by atoms with Crippen molar-refractivity contribution in [2.24, 2.45) is 0 Å². The number of benzene rings is 2. The van der Waals surface area contributed by atoms with Gasteiger partial charge in [0.15, 0.2) is 5.76 Å². The Labute approximate surface area is 152 Å². The molecule has 2 heterocycles. The zero-order valence-corrected chi connectivity index (χ0v) is 14.3. The van der Waals surface area contributed by atoms with Crippen LogP contribution in [-0.4, -0.2) is 10.9 Å². The summed E-state index contributed by atoms with van der Waals surface area (Å²) in [5.41, 5.74) is 3.07. The molecule has 0 radical (unpaired) electrons. The first kappa shape index (κ1) is 16.2. The molecule has 0 aliphatic heterocycles. The molecule has 0 atom stereocenters. The minimum Gasteiger partial charge on any atom is -0.459 e. The van der Waals surface area contributed by atoms with Gasteiger partial charge in [-0.2, -0.15) is 0 Å². The molecule has 0 fully saturated rings. The summed E-state index contributed by atoms with van der Waals surface area (Å²) in [6.07, 6.45) is 1.46. The van der Waals surface area contributed by atoms with Crippen molar-refractivity contribution >= 4 is 22.9 Å². The molecule has 4 nitrogen and oxygen atoms in total. The van der Waals surface area contributed by atoms with E-state index < -0.39 is 0 Å². The highest BCUT2D eigenvalue weighted by molar-refractivity contribution is 7.13. The van der Waals surface area contributed by atoms with E-state index in [1.807, 2.05) is 23.6 Å². The molecule has 0 aliphatic rings. The van der Waals surface area contributed by atoms with Crippen molar-refractivity contribution < 1.29 is 13.6 Å². The van der Waals surface area contributed by atoms with Crippen LogP contribution < -0.4 is 5.32 Å². The number of furan rings is 1. The lowest BCUT2D eigenvalue weighted by molar-refractivity contribution is 0.0996. The Kier molecular flexibility index (Phi) is 4.33. The molecule has 1 amide bonds. The normalized spacial score (nSPS) is 10.7. The van der Waals surface area contributed by atoms with Crippen molar-refractivity contribution in [3.8, 4) is 21.8 Å². The van der Waals surface area contributed by atoms with E-state index >= 15 is 0 Å². The van der Waals surface area contributed by atoms with E-state index in [9.17, 15) is 9.18 Å². The number of hydrogen-bond acceptors (Lipinski definition) is 4. The third kappa shape index (κ3) is 3.41. The number of anilines is 1. The van der Waals surface area contributed by atoms with Crippen LogP contribution in [-0.2, 0) is 0 Å². The van der Waals surface area contributed by atoms with Crippen molar-refractivity contribution in [3.63, 3.8) is 0 Å². The van der Waals surface area contributed by atoms with Gasteiger partial charge in [-0.15, -0.1) is 11.3 Å². The monoisotopic (exact) mass is 364 g/mol. The Morgan fingerprint density at radius 1 is 1.04 bits per heavy atom. The molecule has 4 rings (SSSR count). The molecule has 0 spiro atoms. The average Bonchev–Trinajstić information content (AvgIpc) is 3.35. The molecule has 4 aromatic rings. The molecule has 26 heavy (non-hydrogen) atoms. The summed E-state index contributed by atoms with van der Waals surface area (Å²) >= 11 is 1.49. The maximum absolute atomic E-state index is 13.4. The Morgan fingerprint density at radius 2 is 1.88 bits per heavy atom. The molecule has 0 saturated carbocycles. The van der Waals surface area contributed by atoms with E-state index in [0.717, 1.165) is 21.8 Å². The van der Waals surface area contributed by atoms with Gasteiger partial charge < -0.3 is 9.73 Å². The van der Waals surface area contributed by atoms with Crippen molar-refractivity contribution in [1.82, 2.24) is 4.98 Å². The summed E-state index contributed by atoms with van der Waals surface area (Å²) < 4.78 is 18.4. The predicted molar refractivity (Wildman–Crippen MR) is 99.6 cm³/mol. The lowest BCUT2D eigenvalue weighted by atomic mass is 10.1. The van der Waals surface area contributed by atoms with Gasteiger partial charge in [-0.05, 0) is 48.5 Å². The van der Waals surface area contributed by atoms with Gasteiger partial charge in [0.1, 0.15) is 10.8 Å². The van der Waals surface area contributed by atoms with Gasteiger partial charge in [-0.25, -0.2) is 9.37 Å². The summed E-state index contributed by atoms with van der Waals surface area (Å²) in [5, 5.41) is 5.50. The van der Waals surface area contributed by atoms with E-state index in [-0.39, 0.29) is 17.5 Å². The number of hydrogen-bond donors (Lipinski definition) is 1. The number of carbonyl (C=O) groups is 1. The number of aromatic nitrogens is 1. The Hall–Kier alpha value is -3.25. The molecule has 0 bridgehead atoms. The lowest BCUT2D eigenvalue weighted by Gasteiger charge is -2.04. The minimum absolute atomic E-state index is 0.258. The van der Waals surface area contributed by atoms with Crippen LogP contribution in [0.1, 0.15) is 10.6 Å². The topological polar surface area (TPSA) is 55.1 Å². The quantitative estimate of drug-likeness (QED) is 0.523. The molecule has 2 aromatic carbocycles. The molecule has 0 unspecified atom stereocenters. The number of thiazole rings is 1. The largest absolute Gasteiger partial charge is 0.459 e. The zero-order valence-electron chi connectivity index (χ0n) is 13.5. The molecule has 6 heteroatoms. The average molecular weight is 364 g/mol. The second kappa shape index (κ2) is 6.93. The van der Waals surface area contributed by atoms with Crippen molar-refractivity contribution in [3.05, 3.63) is 83.9 Å². The Balaban J connectivity index is 1.51.